The molecule has 3 aliphatic heterocycles. The van der Waals surface area contributed by atoms with Gasteiger partial charge in [-0.05, 0) is 130 Å². The Kier molecular flexibility index (Phi) is 16.8. The van der Waals surface area contributed by atoms with Gasteiger partial charge in [0.2, 0.25) is 5.91 Å². The number of aromatic hydroxyl groups is 1. The number of rotatable bonds is 6. The van der Waals surface area contributed by atoms with Crippen molar-refractivity contribution in [2.45, 2.75) is 141 Å². The van der Waals surface area contributed by atoms with Crippen LogP contribution in [0.4, 0.5) is 5.82 Å². The molecular formula is C49H68N6O6S2. The Morgan fingerprint density at radius 3 is 2.67 bits per heavy atom. The first-order valence-electron chi connectivity index (χ1n) is 23.2. The molecule has 1 amide bonds. The smallest absolute Gasteiger partial charge is 0.302 e. The van der Waals surface area contributed by atoms with Crippen molar-refractivity contribution >= 4 is 45.2 Å². The Morgan fingerprint density at radius 2 is 1.84 bits per heavy atom. The lowest BCUT2D eigenvalue weighted by atomic mass is 9.78. The van der Waals surface area contributed by atoms with Gasteiger partial charge in [-0.25, -0.2) is 9.98 Å². The molecule has 12 nitrogen and oxygen atoms in total. The van der Waals surface area contributed by atoms with Crippen LogP contribution in [-0.4, -0.2) is 81.0 Å². The zero-order valence-corrected chi connectivity index (χ0v) is 38.6. The molecule has 1 aliphatic carbocycles. The van der Waals surface area contributed by atoms with Gasteiger partial charge in [-0.3, -0.25) is 9.59 Å². The first-order chi connectivity index (χ1) is 30.5. The molecule has 1 saturated heterocycles. The van der Waals surface area contributed by atoms with Gasteiger partial charge in [0.25, 0.3) is 0 Å². The van der Waals surface area contributed by atoms with Crippen molar-refractivity contribution in [1.29, 1.82) is 0 Å². The topological polar surface area (TPSA) is 186 Å². The molecule has 63 heavy (non-hydrogen) atoms. The molecule has 7 N–H and O–H groups in total. The van der Waals surface area contributed by atoms with Gasteiger partial charge in [0.05, 0.1) is 12.0 Å². The summed E-state index contributed by atoms with van der Waals surface area (Å²) in [4.78, 5) is 37.2. The number of aliphatic hydroxyl groups is 1. The molecule has 3 aromatic rings. The number of carbonyl (C=O) groups is 2. The number of aliphatic hydroxyl groups excluding tert-OH is 1. The maximum atomic E-state index is 14.1. The molecule has 1 aromatic heterocycles. The number of carbonyl (C=O) groups excluding carboxylic acids is 2. The van der Waals surface area contributed by atoms with Gasteiger partial charge in [0, 0.05) is 67.9 Å². The van der Waals surface area contributed by atoms with Crippen LogP contribution in [0.25, 0.3) is 0 Å². The van der Waals surface area contributed by atoms with Crippen LogP contribution in [0.1, 0.15) is 118 Å². The third-order valence-electron chi connectivity index (χ3n) is 13.7. The summed E-state index contributed by atoms with van der Waals surface area (Å²) in [6.07, 6.45) is 14.4. The molecule has 342 valence electrons. The van der Waals surface area contributed by atoms with Gasteiger partial charge in [-0.2, -0.15) is 0 Å². The Bertz CT molecular complexity index is 2020. The number of hydrogen-bond acceptors (Lipinski definition) is 13. The van der Waals surface area contributed by atoms with E-state index in [4.69, 9.17) is 20.9 Å². The van der Waals surface area contributed by atoms with E-state index in [0.717, 1.165) is 86.7 Å². The summed E-state index contributed by atoms with van der Waals surface area (Å²) in [5.74, 6) is 3.59. The fraction of sp³-hybridized carbons (Fsp3) is 0.592. The summed E-state index contributed by atoms with van der Waals surface area (Å²) >= 11 is 0. The number of nitrogens with zero attached hydrogens (tertiary/aromatic N) is 3. The van der Waals surface area contributed by atoms with E-state index in [2.05, 4.69) is 45.6 Å². The van der Waals surface area contributed by atoms with Crippen LogP contribution in [0, 0.1) is 17.3 Å². The molecule has 4 heterocycles. The second-order valence-corrected chi connectivity index (χ2v) is 21.0. The summed E-state index contributed by atoms with van der Waals surface area (Å²) < 4.78 is 12.6. The van der Waals surface area contributed by atoms with Gasteiger partial charge < -0.3 is 41.4 Å². The minimum atomic E-state index is -0.599. The van der Waals surface area contributed by atoms with E-state index in [0.29, 0.717) is 98.8 Å². The standard InChI is InChI=1S/C49H68N6O6S2/c1-33(56)60-41-18-16-38-25-39(46(59)47-42(38)19-17-37-11-7-13-43(37)61-47)29-55-31-49(28-45(55)58,27-36-20-22-52-44(50)24-36)21-23-53-48(51)54-32-63-62-30-35(10-5-6-12-40(57)26-41)15-14-34-8-3-2-4-9-34/h2-4,8-9,20,22,24-25,35,37,40-41,43,57,59H,5-7,10-19,21,23,26-32H2,1H3,(H2,50,52)(H3,51,53,54)/t35-,37+,40+,41-,43-,49+/m1/s1. The van der Waals surface area contributed by atoms with Gasteiger partial charge >= 0.3 is 5.97 Å². The number of nitrogen functional groups attached to an aromatic ring is 1. The third kappa shape index (κ3) is 13.4. The number of phenolic OH excluding ortho intramolecular Hbond substituents is 1. The van der Waals surface area contributed by atoms with Crippen molar-refractivity contribution < 1.29 is 29.3 Å². The van der Waals surface area contributed by atoms with E-state index in [9.17, 15) is 19.8 Å². The fourth-order valence-corrected chi connectivity index (χ4v) is 12.5. The Balaban J connectivity index is 1.15. The number of hydrogen-bond donors (Lipinski definition) is 5. The quantitative estimate of drug-likeness (QED) is 0.119. The SMILES string of the molecule is CC(=O)O[C@@H]1CCc2cc(c(O)c3c2CC[C@@H]2CCC[C@H]2O3)CN2C[C@](Cc3ccnc(N)c3)(CCNC(N)=NCSSC[C@@H](CCc3ccccc3)CCCC[C@H](O)C1)CC2=O. The van der Waals surface area contributed by atoms with E-state index in [1.165, 1.54) is 12.5 Å². The van der Waals surface area contributed by atoms with E-state index < -0.39 is 17.6 Å². The number of benzene rings is 2. The van der Waals surface area contributed by atoms with Crippen LogP contribution < -0.4 is 21.5 Å². The highest BCUT2D eigenvalue weighted by Crippen LogP contribution is 2.47. The molecule has 4 aliphatic rings. The van der Waals surface area contributed by atoms with E-state index in [1.807, 2.05) is 33.9 Å². The lowest BCUT2D eigenvalue weighted by molar-refractivity contribution is -0.148. The highest BCUT2D eigenvalue weighted by atomic mass is 33.1. The number of guanidine groups is 1. The predicted octanol–water partition coefficient (Wildman–Crippen LogP) is 7.90. The fourth-order valence-electron chi connectivity index (χ4n) is 10.4. The highest BCUT2D eigenvalue weighted by Gasteiger charge is 2.43. The number of nitrogens with one attached hydrogen (secondary N) is 1. The van der Waals surface area contributed by atoms with E-state index in [-0.39, 0.29) is 30.3 Å². The average Bonchev–Trinajstić information content (AvgIpc) is 3.77. The first kappa shape index (κ1) is 46.8. The Labute approximate surface area is 381 Å². The average molecular weight is 901 g/mol. The number of anilines is 1. The zero-order valence-electron chi connectivity index (χ0n) is 37.0. The lowest BCUT2D eigenvalue weighted by Gasteiger charge is -2.30. The largest absolute Gasteiger partial charge is 0.504 e. The van der Waals surface area contributed by atoms with Crippen LogP contribution in [0.3, 0.4) is 0 Å². The third-order valence-corrected chi connectivity index (χ3v) is 15.9. The number of amides is 1. The van der Waals surface area contributed by atoms with E-state index in [1.54, 1.807) is 17.0 Å². The van der Waals surface area contributed by atoms with Crippen molar-refractivity contribution in [2.75, 3.05) is 30.5 Å². The number of aryl methyl sites for hydroxylation is 2. The number of nitrogens with two attached hydrogens (primary N) is 2. The van der Waals surface area contributed by atoms with E-state index >= 15 is 0 Å². The van der Waals surface area contributed by atoms with Crippen LogP contribution in [0.5, 0.6) is 11.5 Å². The van der Waals surface area contributed by atoms with Gasteiger partial charge in [-0.1, -0.05) is 64.8 Å². The summed E-state index contributed by atoms with van der Waals surface area (Å²) in [6.45, 7) is 2.68. The summed E-state index contributed by atoms with van der Waals surface area (Å²) in [6, 6.07) is 16.5. The van der Waals surface area contributed by atoms with Crippen LogP contribution in [-0.2, 0) is 46.6 Å². The van der Waals surface area contributed by atoms with Crippen molar-refractivity contribution in [3.05, 3.63) is 82.5 Å². The van der Waals surface area contributed by atoms with Crippen molar-refractivity contribution in [2.24, 2.45) is 28.0 Å². The molecule has 0 spiro atoms. The number of fused-ring (bicyclic) bond motifs is 7. The molecule has 1 saturated carbocycles. The Hall–Kier alpha value is -4.14. The van der Waals surface area contributed by atoms with Gasteiger partial charge in [0.1, 0.15) is 18.0 Å². The van der Waals surface area contributed by atoms with Crippen LogP contribution in [0.15, 0.2) is 59.7 Å². The maximum absolute atomic E-state index is 14.1. The van der Waals surface area contributed by atoms with Gasteiger partial charge in [-0.15, -0.1) is 0 Å². The molecular weight excluding hydrogens is 833 g/mol. The second kappa shape index (κ2) is 22.7. The molecule has 0 unspecified atom stereocenters. The summed E-state index contributed by atoms with van der Waals surface area (Å²) in [5, 5.41) is 26.7. The molecule has 7 rings (SSSR count). The Morgan fingerprint density at radius 1 is 1.00 bits per heavy atom. The monoisotopic (exact) mass is 900 g/mol. The number of esters is 1. The maximum Gasteiger partial charge on any atom is 0.302 e. The number of ether oxygens (including phenoxy) is 2. The molecule has 4 bridgehead atoms. The van der Waals surface area contributed by atoms with Crippen molar-refractivity contribution in [3.8, 4) is 11.5 Å². The van der Waals surface area contributed by atoms with Crippen LogP contribution >= 0.6 is 21.6 Å². The molecule has 2 aromatic carbocycles. The summed E-state index contributed by atoms with van der Waals surface area (Å²) in [5.41, 5.74) is 17.1. The number of aliphatic imine (C=N–C) groups is 1. The lowest BCUT2D eigenvalue weighted by Crippen LogP contribution is -2.37. The molecule has 0 radical (unpaired) electrons. The number of aromatic nitrogens is 1. The minimum Gasteiger partial charge on any atom is -0.504 e. The van der Waals surface area contributed by atoms with Gasteiger partial charge in [0.15, 0.2) is 17.5 Å². The number of phenols is 1. The molecule has 2 fully saturated rings. The van der Waals surface area contributed by atoms with Crippen molar-refractivity contribution in [1.82, 2.24) is 15.2 Å². The number of pyridine rings is 1. The highest BCUT2D eigenvalue weighted by molar-refractivity contribution is 8.76. The minimum absolute atomic E-state index is 0.0168. The van der Waals surface area contributed by atoms with Crippen molar-refractivity contribution in [3.63, 3.8) is 0 Å². The van der Waals surface area contributed by atoms with Crippen LogP contribution in [0.2, 0.25) is 0 Å². The zero-order chi connectivity index (χ0) is 44.2. The normalized spacial score (nSPS) is 26.9. The molecule has 14 heteroatoms. The second-order valence-electron chi connectivity index (χ2n) is 18.5. The first-order valence-corrected chi connectivity index (χ1v) is 25.7. The molecule has 6 atom stereocenters. The predicted molar refractivity (Wildman–Crippen MR) is 253 cm³/mol. The summed E-state index contributed by atoms with van der Waals surface area (Å²) in [7, 11) is 3.53.